The lowest BCUT2D eigenvalue weighted by molar-refractivity contribution is -0.809. The van der Waals surface area contributed by atoms with E-state index in [1.807, 2.05) is 7.05 Å². The van der Waals surface area contributed by atoms with E-state index < -0.39 is 5.97 Å². The highest BCUT2D eigenvalue weighted by molar-refractivity contribution is 5.79. The molecule has 0 amide bonds. The summed E-state index contributed by atoms with van der Waals surface area (Å²) in [6.45, 7) is 3.89. The zero-order valence-corrected chi connectivity index (χ0v) is 18.6. The maximum Gasteiger partial charge on any atom is 0.198 e. The minimum Gasteiger partial charge on any atom is -0.544 e. The SMILES string of the molecule is CCCCCCCC/C=C\CCCCCCCCC1=NCC[N+]1(C)CC(=O)[O-]. The molecule has 0 saturated carbocycles. The van der Waals surface area contributed by atoms with E-state index in [0.29, 0.717) is 4.48 Å². The predicted octanol–water partition coefficient (Wildman–Crippen LogP) is 5.02. The number of unbranched alkanes of at least 4 members (excludes halogenated alkanes) is 12. The fraction of sp³-hybridized carbons (Fsp3) is 0.833. The van der Waals surface area contributed by atoms with Gasteiger partial charge in [-0.05, 0) is 32.1 Å². The van der Waals surface area contributed by atoms with Crippen molar-refractivity contribution < 1.29 is 14.4 Å². The molecule has 1 heterocycles. The third-order valence-electron chi connectivity index (χ3n) is 5.90. The molecule has 1 aliphatic rings. The van der Waals surface area contributed by atoms with Gasteiger partial charge in [0.1, 0.15) is 13.1 Å². The van der Waals surface area contributed by atoms with Crippen molar-refractivity contribution in [2.45, 2.75) is 103 Å². The van der Waals surface area contributed by atoms with Gasteiger partial charge in [-0.1, -0.05) is 76.9 Å². The van der Waals surface area contributed by atoms with Crippen LogP contribution in [0.5, 0.6) is 0 Å². The molecule has 1 unspecified atom stereocenters. The number of aliphatic carboxylic acids is 1. The number of rotatable bonds is 18. The summed E-state index contributed by atoms with van der Waals surface area (Å²) in [4.78, 5) is 15.5. The lowest BCUT2D eigenvalue weighted by Crippen LogP contribution is -2.53. The van der Waals surface area contributed by atoms with Crippen LogP contribution in [0.4, 0.5) is 0 Å². The first-order chi connectivity index (χ1) is 13.6. The van der Waals surface area contributed by atoms with Gasteiger partial charge in [0.25, 0.3) is 0 Å². The Bertz CT molecular complexity index is 473. The molecule has 0 bridgehead atoms. The van der Waals surface area contributed by atoms with E-state index >= 15 is 0 Å². The monoisotopic (exact) mass is 392 g/mol. The summed E-state index contributed by atoms with van der Waals surface area (Å²) in [5, 5.41) is 10.9. The van der Waals surface area contributed by atoms with Gasteiger partial charge in [-0.15, -0.1) is 0 Å². The van der Waals surface area contributed by atoms with Crippen LogP contribution >= 0.6 is 0 Å². The normalized spacial score (nSPS) is 19.4. The first-order valence-corrected chi connectivity index (χ1v) is 11.8. The molecule has 4 nitrogen and oxygen atoms in total. The van der Waals surface area contributed by atoms with Gasteiger partial charge >= 0.3 is 0 Å². The van der Waals surface area contributed by atoms with E-state index in [1.165, 1.54) is 83.5 Å². The van der Waals surface area contributed by atoms with E-state index in [9.17, 15) is 9.90 Å². The van der Waals surface area contributed by atoms with Gasteiger partial charge < -0.3 is 9.90 Å². The number of hydrogen-bond acceptors (Lipinski definition) is 3. The van der Waals surface area contributed by atoms with Crippen molar-refractivity contribution in [1.29, 1.82) is 0 Å². The van der Waals surface area contributed by atoms with Gasteiger partial charge in [-0.2, -0.15) is 0 Å². The Morgan fingerprint density at radius 3 is 2.04 bits per heavy atom. The van der Waals surface area contributed by atoms with Crippen molar-refractivity contribution in [2.24, 2.45) is 4.99 Å². The Morgan fingerprint density at radius 2 is 1.46 bits per heavy atom. The summed E-state index contributed by atoms with van der Waals surface area (Å²) in [5.41, 5.74) is 0. The van der Waals surface area contributed by atoms with Crippen molar-refractivity contribution in [3.05, 3.63) is 12.2 Å². The van der Waals surface area contributed by atoms with E-state index in [-0.39, 0.29) is 6.54 Å². The molecule has 0 spiro atoms. The van der Waals surface area contributed by atoms with E-state index in [0.717, 1.165) is 31.8 Å². The zero-order valence-electron chi connectivity index (χ0n) is 18.6. The molecule has 28 heavy (non-hydrogen) atoms. The van der Waals surface area contributed by atoms with Gasteiger partial charge in [-0.3, -0.25) is 4.48 Å². The minimum absolute atomic E-state index is 0.0607. The second-order valence-corrected chi connectivity index (χ2v) is 8.64. The second kappa shape index (κ2) is 15.7. The lowest BCUT2D eigenvalue weighted by Gasteiger charge is -2.30. The van der Waals surface area contributed by atoms with Crippen LogP contribution < -0.4 is 5.11 Å². The summed E-state index contributed by atoms with van der Waals surface area (Å²) in [5.74, 6) is 0.0813. The Labute approximate surface area is 173 Å². The smallest absolute Gasteiger partial charge is 0.198 e. The first-order valence-electron chi connectivity index (χ1n) is 11.8. The van der Waals surface area contributed by atoms with Gasteiger partial charge in [0.05, 0.1) is 19.6 Å². The van der Waals surface area contributed by atoms with Crippen LogP contribution in [0.15, 0.2) is 17.1 Å². The Hall–Kier alpha value is -1.16. The van der Waals surface area contributed by atoms with Crippen LogP contribution in [0.1, 0.15) is 103 Å². The van der Waals surface area contributed by atoms with E-state index in [2.05, 4.69) is 24.1 Å². The summed E-state index contributed by atoms with van der Waals surface area (Å²) >= 11 is 0. The van der Waals surface area contributed by atoms with Crippen LogP contribution in [0.25, 0.3) is 0 Å². The number of carboxylic acid groups (broad SMARTS) is 1. The predicted molar refractivity (Wildman–Crippen MR) is 117 cm³/mol. The molecule has 0 N–H and O–H groups in total. The third-order valence-corrected chi connectivity index (χ3v) is 5.90. The van der Waals surface area contributed by atoms with Crippen molar-refractivity contribution >= 4 is 11.8 Å². The number of amidine groups is 1. The third kappa shape index (κ3) is 11.6. The quantitative estimate of drug-likeness (QED) is 0.187. The number of carboxylic acids is 1. The molecule has 0 aromatic heterocycles. The van der Waals surface area contributed by atoms with Crippen molar-refractivity contribution in [3.8, 4) is 0 Å². The highest BCUT2D eigenvalue weighted by Crippen LogP contribution is 2.17. The first kappa shape index (κ1) is 24.9. The number of hydrogen-bond donors (Lipinski definition) is 0. The largest absolute Gasteiger partial charge is 0.544 e. The van der Waals surface area contributed by atoms with Crippen molar-refractivity contribution in [1.82, 2.24) is 0 Å². The number of aliphatic imine (C=N–C) groups is 1. The molecule has 0 aromatic carbocycles. The highest BCUT2D eigenvalue weighted by Gasteiger charge is 2.33. The lowest BCUT2D eigenvalue weighted by atomic mass is 10.1. The number of allylic oxidation sites excluding steroid dienone is 2. The highest BCUT2D eigenvalue weighted by atomic mass is 16.4. The molecule has 0 saturated heterocycles. The van der Waals surface area contributed by atoms with Crippen molar-refractivity contribution in [2.75, 3.05) is 26.7 Å². The van der Waals surface area contributed by atoms with Gasteiger partial charge in [-0.25, -0.2) is 4.99 Å². The second-order valence-electron chi connectivity index (χ2n) is 8.64. The van der Waals surface area contributed by atoms with Gasteiger partial charge in [0.2, 0.25) is 0 Å². The molecule has 4 heteroatoms. The molecule has 0 aromatic rings. The summed E-state index contributed by atoms with van der Waals surface area (Å²) in [7, 11) is 1.97. The number of carbonyl (C=O) groups is 1. The average Bonchev–Trinajstić information content (AvgIpc) is 3.00. The fourth-order valence-corrected chi connectivity index (χ4v) is 4.03. The summed E-state index contributed by atoms with van der Waals surface area (Å²) in [6, 6.07) is 0. The van der Waals surface area contributed by atoms with Crippen LogP contribution in [-0.2, 0) is 4.79 Å². The summed E-state index contributed by atoms with van der Waals surface area (Å²) < 4.78 is 0.452. The van der Waals surface area contributed by atoms with Gasteiger partial charge in [0.15, 0.2) is 5.84 Å². The van der Waals surface area contributed by atoms with Crippen LogP contribution in [0.3, 0.4) is 0 Å². The molecule has 162 valence electrons. The van der Waals surface area contributed by atoms with Gasteiger partial charge in [0, 0.05) is 6.42 Å². The van der Waals surface area contributed by atoms with E-state index in [1.54, 1.807) is 0 Å². The molecular weight excluding hydrogens is 348 g/mol. The Balaban J connectivity index is 1.90. The number of nitrogens with zero attached hydrogens (tertiary/aromatic N) is 2. The van der Waals surface area contributed by atoms with Crippen LogP contribution in [0, 0.1) is 0 Å². The average molecular weight is 393 g/mol. The number of carbonyl (C=O) groups excluding carboxylic acids is 1. The fourth-order valence-electron chi connectivity index (χ4n) is 4.03. The standard InChI is InChI=1S/C24H44N2O2/c1-3-4-5-6-7-8-9-10-11-12-13-14-15-16-17-18-19-23-25-20-21-26(23,2)22-24(27)28/h10-11H,3-9,12-22H2,1-2H3/b11-10-. The van der Waals surface area contributed by atoms with E-state index in [4.69, 9.17) is 0 Å². The zero-order chi connectivity index (χ0) is 20.5. The Kier molecular flexibility index (Phi) is 14.0. The van der Waals surface area contributed by atoms with Crippen molar-refractivity contribution in [3.63, 3.8) is 0 Å². The molecule has 0 aliphatic carbocycles. The van der Waals surface area contributed by atoms with Crippen LogP contribution in [-0.4, -0.2) is 43.0 Å². The maximum absolute atomic E-state index is 10.9. The molecule has 0 radical (unpaired) electrons. The molecular formula is C24H44N2O2. The minimum atomic E-state index is -0.974. The number of likely N-dealkylation sites (N-methyl/N-ethyl adjacent to an activating group) is 1. The molecule has 0 fully saturated rings. The maximum atomic E-state index is 10.9. The van der Waals surface area contributed by atoms with Crippen LogP contribution in [0.2, 0.25) is 0 Å². The Morgan fingerprint density at radius 1 is 0.929 bits per heavy atom. The molecule has 1 rings (SSSR count). The number of quaternary nitrogens is 1. The summed E-state index contributed by atoms with van der Waals surface area (Å²) in [6.07, 6.45) is 24.0. The molecule has 1 aliphatic heterocycles. The molecule has 1 atom stereocenters. The topological polar surface area (TPSA) is 52.5 Å².